The van der Waals surface area contributed by atoms with Gasteiger partial charge in [-0.25, -0.2) is 8.42 Å². The molecule has 0 amide bonds. The molecular formula is C12H12Cl2N2O2S2. The van der Waals surface area contributed by atoms with Gasteiger partial charge in [-0.1, -0.05) is 23.2 Å². The molecule has 0 radical (unpaired) electrons. The fraction of sp³-hybridized carbons (Fsp3) is 0.167. The summed E-state index contributed by atoms with van der Waals surface area (Å²) in [5, 5.41) is 3.68. The smallest absolute Gasteiger partial charge is 0.271 e. The zero-order chi connectivity index (χ0) is 14.8. The van der Waals surface area contributed by atoms with Gasteiger partial charge in [-0.05, 0) is 37.4 Å². The maximum absolute atomic E-state index is 12.2. The van der Waals surface area contributed by atoms with Crippen LogP contribution in [0.2, 0.25) is 10.0 Å². The van der Waals surface area contributed by atoms with Crippen LogP contribution in [0.1, 0.15) is 4.88 Å². The van der Waals surface area contributed by atoms with E-state index in [1.165, 1.54) is 23.5 Å². The van der Waals surface area contributed by atoms with Gasteiger partial charge >= 0.3 is 0 Å². The van der Waals surface area contributed by atoms with Gasteiger partial charge in [0.05, 0.1) is 10.7 Å². The van der Waals surface area contributed by atoms with Crippen molar-refractivity contribution in [2.24, 2.45) is 0 Å². The predicted molar refractivity (Wildman–Crippen MR) is 84.4 cm³/mol. The van der Waals surface area contributed by atoms with Gasteiger partial charge < -0.3 is 5.32 Å². The summed E-state index contributed by atoms with van der Waals surface area (Å²) in [4.78, 5) is 0.940. The fourth-order valence-electron chi connectivity index (χ4n) is 1.54. The molecule has 0 saturated heterocycles. The van der Waals surface area contributed by atoms with Gasteiger partial charge in [0, 0.05) is 16.4 Å². The van der Waals surface area contributed by atoms with Crippen LogP contribution < -0.4 is 10.0 Å². The molecule has 0 aliphatic heterocycles. The molecule has 0 atom stereocenters. The van der Waals surface area contributed by atoms with E-state index in [4.69, 9.17) is 23.2 Å². The minimum Gasteiger partial charge on any atom is -0.315 e. The Morgan fingerprint density at radius 1 is 1.20 bits per heavy atom. The summed E-state index contributed by atoms with van der Waals surface area (Å²) in [6.45, 7) is 0.627. The third-order valence-corrected chi connectivity index (χ3v) is 5.92. The molecule has 20 heavy (non-hydrogen) atoms. The number of anilines is 1. The van der Waals surface area contributed by atoms with Crippen LogP contribution in [-0.4, -0.2) is 15.5 Å². The quantitative estimate of drug-likeness (QED) is 0.866. The Balaban J connectivity index is 2.26. The van der Waals surface area contributed by atoms with Crippen LogP contribution in [0, 0.1) is 0 Å². The van der Waals surface area contributed by atoms with E-state index >= 15 is 0 Å². The van der Waals surface area contributed by atoms with Crippen LogP contribution in [0.5, 0.6) is 0 Å². The van der Waals surface area contributed by atoms with Crippen molar-refractivity contribution in [3.8, 4) is 0 Å². The lowest BCUT2D eigenvalue weighted by atomic mass is 10.3. The normalized spacial score (nSPS) is 11.6. The number of sulfonamides is 1. The van der Waals surface area contributed by atoms with Gasteiger partial charge in [-0.15, -0.1) is 11.3 Å². The summed E-state index contributed by atoms with van der Waals surface area (Å²) in [5.74, 6) is 0. The van der Waals surface area contributed by atoms with E-state index in [-0.39, 0.29) is 9.23 Å². The Labute approximate surface area is 131 Å². The summed E-state index contributed by atoms with van der Waals surface area (Å²) in [6.07, 6.45) is 0. The van der Waals surface area contributed by atoms with Crippen LogP contribution in [0.25, 0.3) is 0 Å². The highest BCUT2D eigenvalue weighted by Crippen LogP contribution is 2.29. The molecule has 108 valence electrons. The highest BCUT2D eigenvalue weighted by Gasteiger charge is 2.18. The Morgan fingerprint density at radius 3 is 2.60 bits per heavy atom. The molecule has 0 spiro atoms. The number of hydrogen-bond donors (Lipinski definition) is 2. The van der Waals surface area contributed by atoms with Gasteiger partial charge in [0.15, 0.2) is 0 Å². The van der Waals surface area contributed by atoms with Gasteiger partial charge in [0.2, 0.25) is 0 Å². The second-order valence-corrected chi connectivity index (χ2v) is 7.90. The Kier molecular flexibility index (Phi) is 4.93. The molecule has 2 aromatic rings. The fourth-order valence-corrected chi connectivity index (χ4v) is 4.50. The highest BCUT2D eigenvalue weighted by atomic mass is 35.5. The van der Waals surface area contributed by atoms with E-state index in [9.17, 15) is 8.42 Å². The molecule has 1 aromatic carbocycles. The number of benzene rings is 1. The Morgan fingerprint density at radius 2 is 1.95 bits per heavy atom. The molecule has 0 aliphatic rings. The van der Waals surface area contributed by atoms with Crippen molar-refractivity contribution < 1.29 is 8.42 Å². The first-order chi connectivity index (χ1) is 9.42. The molecule has 1 aromatic heterocycles. The van der Waals surface area contributed by atoms with Crippen LogP contribution in [0.3, 0.4) is 0 Å². The number of thiophene rings is 1. The summed E-state index contributed by atoms with van der Waals surface area (Å²) in [5.41, 5.74) is 0.305. The average molecular weight is 351 g/mol. The number of nitrogens with one attached hydrogen (secondary N) is 2. The van der Waals surface area contributed by atoms with Crippen molar-refractivity contribution in [2.45, 2.75) is 10.8 Å². The van der Waals surface area contributed by atoms with Crippen LogP contribution >= 0.6 is 34.5 Å². The predicted octanol–water partition coefficient (Wildman–Crippen LogP) is 3.58. The van der Waals surface area contributed by atoms with Crippen molar-refractivity contribution in [1.29, 1.82) is 0 Å². The Hall–Kier alpha value is -0.790. The topological polar surface area (TPSA) is 58.2 Å². The standard InChI is InChI=1S/C12H12Cl2N2O2S2/c1-15-7-9-3-5-12(19-9)20(17,18)16-11-4-2-8(13)6-10(11)14/h2-6,15-16H,7H2,1H3. The van der Waals surface area contributed by atoms with Crippen molar-refractivity contribution in [1.82, 2.24) is 5.32 Å². The third kappa shape index (κ3) is 3.65. The first kappa shape index (κ1) is 15.6. The van der Waals surface area contributed by atoms with Gasteiger partial charge in [0.25, 0.3) is 10.0 Å². The van der Waals surface area contributed by atoms with Gasteiger partial charge in [-0.2, -0.15) is 0 Å². The molecule has 0 saturated carbocycles. The number of rotatable bonds is 5. The average Bonchev–Trinajstić information content (AvgIpc) is 2.83. The molecule has 2 rings (SSSR count). The molecule has 0 unspecified atom stereocenters. The molecule has 8 heteroatoms. The minimum atomic E-state index is -3.63. The lowest BCUT2D eigenvalue weighted by Crippen LogP contribution is -2.11. The lowest BCUT2D eigenvalue weighted by Gasteiger charge is -2.08. The first-order valence-electron chi connectivity index (χ1n) is 5.63. The summed E-state index contributed by atoms with van der Waals surface area (Å²) < 4.78 is 27.2. The van der Waals surface area contributed by atoms with E-state index in [1.54, 1.807) is 25.2 Å². The van der Waals surface area contributed by atoms with E-state index in [1.807, 2.05) is 0 Å². The molecule has 0 fully saturated rings. The van der Waals surface area contributed by atoms with Gasteiger partial charge in [-0.3, -0.25) is 4.72 Å². The zero-order valence-corrected chi connectivity index (χ0v) is 13.6. The van der Waals surface area contributed by atoms with E-state index in [0.29, 0.717) is 17.3 Å². The van der Waals surface area contributed by atoms with Crippen LogP contribution in [0.15, 0.2) is 34.5 Å². The van der Waals surface area contributed by atoms with Gasteiger partial charge in [0.1, 0.15) is 4.21 Å². The second kappa shape index (κ2) is 6.32. The molecule has 2 N–H and O–H groups in total. The second-order valence-electron chi connectivity index (χ2n) is 3.98. The highest BCUT2D eigenvalue weighted by molar-refractivity contribution is 7.94. The van der Waals surface area contributed by atoms with E-state index < -0.39 is 10.0 Å². The number of hydrogen-bond acceptors (Lipinski definition) is 4. The van der Waals surface area contributed by atoms with E-state index in [2.05, 4.69) is 10.0 Å². The zero-order valence-electron chi connectivity index (χ0n) is 10.5. The maximum Gasteiger partial charge on any atom is 0.271 e. The van der Waals surface area contributed by atoms with Crippen molar-refractivity contribution in [3.05, 3.63) is 45.3 Å². The molecule has 0 bridgehead atoms. The molecule has 4 nitrogen and oxygen atoms in total. The molecule has 0 aliphatic carbocycles. The van der Waals surface area contributed by atoms with Crippen molar-refractivity contribution in [3.63, 3.8) is 0 Å². The molecule has 1 heterocycles. The van der Waals surface area contributed by atoms with Crippen molar-refractivity contribution in [2.75, 3.05) is 11.8 Å². The van der Waals surface area contributed by atoms with Crippen LogP contribution in [0.4, 0.5) is 5.69 Å². The largest absolute Gasteiger partial charge is 0.315 e. The first-order valence-corrected chi connectivity index (χ1v) is 8.69. The Bertz CT molecular complexity index is 714. The monoisotopic (exact) mass is 350 g/mol. The maximum atomic E-state index is 12.2. The molecular weight excluding hydrogens is 339 g/mol. The SMILES string of the molecule is CNCc1ccc(S(=O)(=O)Nc2ccc(Cl)cc2Cl)s1. The summed E-state index contributed by atoms with van der Waals surface area (Å²) in [7, 11) is -1.83. The van der Waals surface area contributed by atoms with Crippen LogP contribution in [-0.2, 0) is 16.6 Å². The lowest BCUT2D eigenvalue weighted by molar-refractivity contribution is 0.603. The van der Waals surface area contributed by atoms with E-state index in [0.717, 1.165) is 4.88 Å². The third-order valence-electron chi connectivity index (χ3n) is 2.43. The summed E-state index contributed by atoms with van der Waals surface area (Å²) in [6, 6.07) is 7.95. The minimum absolute atomic E-state index is 0.244. The summed E-state index contributed by atoms with van der Waals surface area (Å²) >= 11 is 12.9. The number of halogens is 2. The van der Waals surface area contributed by atoms with Crippen molar-refractivity contribution >= 4 is 50.2 Å².